The number of hydrogen-bond acceptors (Lipinski definition) is 3. The zero-order valence-corrected chi connectivity index (χ0v) is 13.5. The monoisotopic (exact) mass is 287 g/mol. The van der Waals surface area contributed by atoms with E-state index in [-0.39, 0.29) is 6.04 Å². The summed E-state index contributed by atoms with van der Waals surface area (Å²) in [5, 5.41) is 0. The van der Waals surface area contributed by atoms with Crippen molar-refractivity contribution in [2.24, 2.45) is 5.73 Å². The van der Waals surface area contributed by atoms with Crippen molar-refractivity contribution in [2.75, 3.05) is 32.7 Å². The SMILES string of the molecule is Cc1cc(C)cc(C(N)CN2CCC(N3CCCC3)C2)c1. The van der Waals surface area contributed by atoms with Crippen LogP contribution in [0, 0.1) is 13.8 Å². The molecule has 2 unspecified atom stereocenters. The average molecular weight is 287 g/mol. The highest BCUT2D eigenvalue weighted by atomic mass is 15.3. The van der Waals surface area contributed by atoms with E-state index in [0.29, 0.717) is 0 Å². The Kier molecular flexibility index (Phi) is 4.63. The van der Waals surface area contributed by atoms with Gasteiger partial charge in [-0.05, 0) is 58.3 Å². The van der Waals surface area contributed by atoms with Crippen LogP contribution in [-0.2, 0) is 0 Å². The highest BCUT2D eigenvalue weighted by Gasteiger charge is 2.29. The van der Waals surface area contributed by atoms with Crippen LogP contribution in [0.4, 0.5) is 0 Å². The van der Waals surface area contributed by atoms with E-state index in [2.05, 4.69) is 41.8 Å². The molecule has 2 atom stereocenters. The van der Waals surface area contributed by atoms with E-state index in [9.17, 15) is 0 Å². The quantitative estimate of drug-likeness (QED) is 0.923. The van der Waals surface area contributed by atoms with E-state index < -0.39 is 0 Å². The predicted molar refractivity (Wildman–Crippen MR) is 88.5 cm³/mol. The molecule has 2 heterocycles. The van der Waals surface area contributed by atoms with Crippen molar-refractivity contribution in [3.05, 3.63) is 34.9 Å². The van der Waals surface area contributed by atoms with Crippen LogP contribution in [0.25, 0.3) is 0 Å². The van der Waals surface area contributed by atoms with E-state index in [1.54, 1.807) is 0 Å². The number of benzene rings is 1. The number of aryl methyl sites for hydroxylation is 2. The Morgan fingerprint density at radius 1 is 1.10 bits per heavy atom. The van der Waals surface area contributed by atoms with Gasteiger partial charge in [-0.15, -0.1) is 0 Å². The van der Waals surface area contributed by atoms with Crippen LogP contribution in [0.5, 0.6) is 0 Å². The standard InChI is InChI=1S/C18H29N3/c1-14-9-15(2)11-16(10-14)18(19)13-20-8-5-17(12-20)21-6-3-4-7-21/h9-11,17-18H,3-8,12-13,19H2,1-2H3. The molecule has 2 N–H and O–H groups in total. The van der Waals surface area contributed by atoms with Crippen molar-refractivity contribution < 1.29 is 0 Å². The third-order valence-electron chi connectivity index (χ3n) is 5.03. The summed E-state index contributed by atoms with van der Waals surface area (Å²) in [6.45, 7) is 10.3. The largest absolute Gasteiger partial charge is 0.323 e. The second kappa shape index (κ2) is 6.47. The molecule has 3 nitrogen and oxygen atoms in total. The van der Waals surface area contributed by atoms with E-state index in [1.165, 1.54) is 62.1 Å². The van der Waals surface area contributed by atoms with Crippen molar-refractivity contribution in [2.45, 2.75) is 45.2 Å². The number of hydrogen-bond donors (Lipinski definition) is 1. The van der Waals surface area contributed by atoms with Gasteiger partial charge in [-0.3, -0.25) is 9.80 Å². The first-order chi connectivity index (χ1) is 10.1. The van der Waals surface area contributed by atoms with Crippen LogP contribution in [0.1, 0.15) is 42.0 Å². The van der Waals surface area contributed by atoms with Crippen LogP contribution in [0.3, 0.4) is 0 Å². The number of rotatable bonds is 4. The molecule has 1 aromatic rings. The van der Waals surface area contributed by atoms with Gasteiger partial charge in [-0.2, -0.15) is 0 Å². The molecule has 0 aromatic heterocycles. The second-order valence-electron chi connectivity index (χ2n) is 6.97. The minimum absolute atomic E-state index is 0.140. The summed E-state index contributed by atoms with van der Waals surface area (Å²) >= 11 is 0. The van der Waals surface area contributed by atoms with E-state index >= 15 is 0 Å². The minimum Gasteiger partial charge on any atom is -0.323 e. The number of nitrogens with zero attached hydrogens (tertiary/aromatic N) is 2. The lowest BCUT2D eigenvalue weighted by Crippen LogP contribution is -2.37. The number of nitrogens with two attached hydrogens (primary N) is 1. The Morgan fingerprint density at radius 2 is 1.76 bits per heavy atom. The maximum absolute atomic E-state index is 6.46. The van der Waals surface area contributed by atoms with Gasteiger partial charge in [0.2, 0.25) is 0 Å². The molecule has 2 aliphatic rings. The van der Waals surface area contributed by atoms with E-state index in [1.807, 2.05) is 0 Å². The van der Waals surface area contributed by atoms with Crippen molar-refractivity contribution >= 4 is 0 Å². The molecular weight excluding hydrogens is 258 g/mol. The van der Waals surface area contributed by atoms with Gasteiger partial charge in [-0.1, -0.05) is 29.3 Å². The van der Waals surface area contributed by atoms with Gasteiger partial charge < -0.3 is 5.73 Å². The maximum Gasteiger partial charge on any atom is 0.0424 e. The van der Waals surface area contributed by atoms with Crippen LogP contribution < -0.4 is 5.73 Å². The van der Waals surface area contributed by atoms with Gasteiger partial charge in [0, 0.05) is 25.2 Å². The van der Waals surface area contributed by atoms with Gasteiger partial charge in [-0.25, -0.2) is 0 Å². The smallest absolute Gasteiger partial charge is 0.0424 e. The van der Waals surface area contributed by atoms with Crippen LogP contribution in [0.15, 0.2) is 18.2 Å². The summed E-state index contributed by atoms with van der Waals surface area (Å²) in [4.78, 5) is 5.24. The van der Waals surface area contributed by atoms with Gasteiger partial charge in [0.05, 0.1) is 0 Å². The Labute approximate surface area is 129 Å². The molecule has 0 aliphatic carbocycles. The average Bonchev–Trinajstić information content (AvgIpc) is 3.07. The van der Waals surface area contributed by atoms with Crippen LogP contribution in [0.2, 0.25) is 0 Å². The molecular formula is C18H29N3. The maximum atomic E-state index is 6.46. The van der Waals surface area contributed by atoms with Crippen molar-refractivity contribution in [3.63, 3.8) is 0 Å². The van der Waals surface area contributed by atoms with Gasteiger partial charge >= 0.3 is 0 Å². The summed E-state index contributed by atoms with van der Waals surface area (Å²) in [5.41, 5.74) is 10.4. The van der Waals surface area contributed by atoms with E-state index in [0.717, 1.165) is 12.6 Å². The Hall–Kier alpha value is -0.900. The first-order valence-corrected chi connectivity index (χ1v) is 8.42. The molecule has 116 valence electrons. The zero-order chi connectivity index (χ0) is 14.8. The minimum atomic E-state index is 0.140. The lowest BCUT2D eigenvalue weighted by molar-refractivity contribution is 0.228. The first-order valence-electron chi connectivity index (χ1n) is 8.42. The highest BCUT2D eigenvalue weighted by Crippen LogP contribution is 2.23. The van der Waals surface area contributed by atoms with Crippen LogP contribution >= 0.6 is 0 Å². The summed E-state index contributed by atoms with van der Waals surface area (Å²) < 4.78 is 0. The third kappa shape index (κ3) is 3.65. The fraction of sp³-hybridized carbons (Fsp3) is 0.667. The van der Waals surface area contributed by atoms with E-state index in [4.69, 9.17) is 5.73 Å². The number of likely N-dealkylation sites (tertiary alicyclic amines) is 2. The predicted octanol–water partition coefficient (Wildman–Crippen LogP) is 2.47. The molecule has 2 fully saturated rings. The topological polar surface area (TPSA) is 32.5 Å². The molecule has 0 radical (unpaired) electrons. The van der Waals surface area contributed by atoms with Crippen LogP contribution in [-0.4, -0.2) is 48.6 Å². The lowest BCUT2D eigenvalue weighted by Gasteiger charge is -2.25. The Balaban J connectivity index is 1.56. The molecule has 21 heavy (non-hydrogen) atoms. The molecule has 2 aliphatic heterocycles. The second-order valence-corrected chi connectivity index (χ2v) is 6.97. The lowest BCUT2D eigenvalue weighted by atomic mass is 10.0. The first kappa shape index (κ1) is 15.0. The molecule has 3 heteroatoms. The van der Waals surface area contributed by atoms with Crippen molar-refractivity contribution in [1.82, 2.24) is 9.80 Å². The summed E-state index contributed by atoms with van der Waals surface area (Å²) in [5.74, 6) is 0. The fourth-order valence-electron chi connectivity index (χ4n) is 3.99. The Bertz CT molecular complexity index is 459. The van der Waals surface area contributed by atoms with Gasteiger partial charge in [0.1, 0.15) is 0 Å². The summed E-state index contributed by atoms with van der Waals surface area (Å²) in [6, 6.07) is 7.62. The third-order valence-corrected chi connectivity index (χ3v) is 5.03. The molecule has 0 saturated carbocycles. The molecule has 0 bridgehead atoms. The van der Waals surface area contributed by atoms with Gasteiger partial charge in [0.15, 0.2) is 0 Å². The summed E-state index contributed by atoms with van der Waals surface area (Å²) in [7, 11) is 0. The normalized spacial score (nSPS) is 25.6. The molecule has 1 aromatic carbocycles. The molecule has 0 amide bonds. The summed E-state index contributed by atoms with van der Waals surface area (Å²) in [6.07, 6.45) is 4.09. The highest BCUT2D eigenvalue weighted by molar-refractivity contribution is 5.30. The molecule has 0 spiro atoms. The van der Waals surface area contributed by atoms with Gasteiger partial charge in [0.25, 0.3) is 0 Å². The Morgan fingerprint density at radius 3 is 2.43 bits per heavy atom. The van der Waals surface area contributed by atoms with Crippen molar-refractivity contribution in [1.29, 1.82) is 0 Å². The zero-order valence-electron chi connectivity index (χ0n) is 13.5. The fourth-order valence-corrected chi connectivity index (χ4v) is 3.99. The molecule has 3 rings (SSSR count). The van der Waals surface area contributed by atoms with Crippen molar-refractivity contribution in [3.8, 4) is 0 Å². The molecule has 2 saturated heterocycles.